The number of aryl methyl sites for hydroxylation is 2. The Morgan fingerprint density at radius 2 is 0.981 bits per heavy atom. The van der Waals surface area contributed by atoms with E-state index in [9.17, 15) is 19.2 Å². The predicted molar refractivity (Wildman–Crippen MR) is 216 cm³/mol. The summed E-state index contributed by atoms with van der Waals surface area (Å²) < 4.78 is 3.20. The number of hydrogen-bond acceptors (Lipinski definition) is 8. The zero-order valence-corrected chi connectivity index (χ0v) is 31.8. The third-order valence-electron chi connectivity index (χ3n) is 8.88. The summed E-state index contributed by atoms with van der Waals surface area (Å²) in [6.07, 6.45) is 1.42. The summed E-state index contributed by atoms with van der Waals surface area (Å²) in [5.41, 5.74) is 4.24. The Hall–Kier alpha value is -5.20. The van der Waals surface area contributed by atoms with Crippen LogP contribution in [0, 0.1) is 13.8 Å². The van der Waals surface area contributed by atoms with Crippen LogP contribution >= 0.6 is 23.5 Å². The molecule has 0 aliphatic rings. The molecule has 0 aliphatic heterocycles. The Labute approximate surface area is 316 Å². The molecule has 12 heteroatoms. The predicted octanol–water partition coefficient (Wildman–Crippen LogP) is 7.83. The number of nitrogens with one attached hydrogen (secondary N) is 2. The van der Waals surface area contributed by atoms with Gasteiger partial charge in [-0.25, -0.2) is 9.97 Å². The van der Waals surface area contributed by atoms with Crippen molar-refractivity contribution in [1.29, 1.82) is 0 Å². The van der Waals surface area contributed by atoms with E-state index in [-0.39, 0.29) is 36.0 Å². The second kappa shape index (κ2) is 17.1. The SMILES string of the molecule is CCC(Sc1nc2ccccc2c(=O)n1CCCn1c(SC(CC)C(=O)Nc2ccc(C)cc2)nc2ccccc2c1=O)C(=O)Nc1ccc(C)cc1. The second-order valence-corrected chi connectivity index (χ2v) is 15.2. The van der Waals surface area contributed by atoms with E-state index in [0.717, 1.165) is 11.1 Å². The third-order valence-corrected chi connectivity index (χ3v) is 11.6. The molecule has 53 heavy (non-hydrogen) atoms. The largest absolute Gasteiger partial charge is 0.325 e. The maximum absolute atomic E-state index is 14.0. The molecule has 6 rings (SSSR count). The monoisotopic (exact) mass is 746 g/mol. The first-order valence-corrected chi connectivity index (χ1v) is 19.5. The lowest BCUT2D eigenvalue weighted by atomic mass is 10.2. The first-order valence-electron chi connectivity index (χ1n) is 17.7. The van der Waals surface area contributed by atoms with E-state index in [4.69, 9.17) is 9.97 Å². The maximum Gasteiger partial charge on any atom is 0.262 e. The van der Waals surface area contributed by atoms with Gasteiger partial charge in [0.15, 0.2) is 10.3 Å². The molecule has 0 aliphatic carbocycles. The fourth-order valence-electron chi connectivity index (χ4n) is 5.87. The van der Waals surface area contributed by atoms with Crippen molar-refractivity contribution in [1.82, 2.24) is 19.1 Å². The molecule has 10 nitrogen and oxygen atoms in total. The van der Waals surface area contributed by atoms with Gasteiger partial charge in [0.25, 0.3) is 11.1 Å². The molecule has 2 N–H and O–H groups in total. The van der Waals surface area contributed by atoms with Crippen LogP contribution in [0.15, 0.2) is 117 Å². The van der Waals surface area contributed by atoms with Gasteiger partial charge in [-0.15, -0.1) is 0 Å². The Bertz CT molecular complexity index is 2210. The molecule has 0 spiro atoms. The van der Waals surface area contributed by atoms with Gasteiger partial charge >= 0.3 is 0 Å². The number of aromatic nitrogens is 4. The smallest absolute Gasteiger partial charge is 0.262 e. The molecule has 2 amide bonds. The summed E-state index contributed by atoms with van der Waals surface area (Å²) in [6.45, 7) is 8.31. The number of anilines is 2. The van der Waals surface area contributed by atoms with Crippen LogP contribution in [0.25, 0.3) is 21.8 Å². The summed E-state index contributed by atoms with van der Waals surface area (Å²) in [5.74, 6) is -0.356. The molecule has 272 valence electrons. The number of carbonyl (C=O) groups is 2. The Morgan fingerprint density at radius 1 is 0.604 bits per heavy atom. The van der Waals surface area contributed by atoms with Crippen LogP contribution in [-0.2, 0) is 22.7 Å². The summed E-state index contributed by atoms with van der Waals surface area (Å²) in [4.78, 5) is 64.5. The van der Waals surface area contributed by atoms with Crippen LogP contribution in [0.4, 0.5) is 11.4 Å². The zero-order chi connectivity index (χ0) is 37.5. The van der Waals surface area contributed by atoms with Crippen LogP contribution < -0.4 is 21.8 Å². The van der Waals surface area contributed by atoms with Crippen LogP contribution in [0.1, 0.15) is 44.2 Å². The number of benzene rings is 4. The summed E-state index contributed by atoms with van der Waals surface area (Å²) in [6, 6.07) is 29.6. The van der Waals surface area contributed by atoms with Crippen molar-refractivity contribution in [3.05, 3.63) is 129 Å². The van der Waals surface area contributed by atoms with Crippen molar-refractivity contribution in [2.24, 2.45) is 0 Å². The highest BCUT2D eigenvalue weighted by Crippen LogP contribution is 2.28. The van der Waals surface area contributed by atoms with Crippen molar-refractivity contribution in [2.75, 3.05) is 10.6 Å². The van der Waals surface area contributed by atoms with Gasteiger partial charge in [-0.3, -0.25) is 28.3 Å². The topological polar surface area (TPSA) is 128 Å². The van der Waals surface area contributed by atoms with Crippen molar-refractivity contribution in [3.8, 4) is 0 Å². The Balaban J connectivity index is 1.27. The van der Waals surface area contributed by atoms with Crippen LogP contribution in [0.5, 0.6) is 0 Å². The highest BCUT2D eigenvalue weighted by molar-refractivity contribution is 8.00. The zero-order valence-electron chi connectivity index (χ0n) is 30.2. The first-order chi connectivity index (χ1) is 25.6. The van der Waals surface area contributed by atoms with Crippen molar-refractivity contribution >= 4 is 68.5 Å². The van der Waals surface area contributed by atoms with E-state index >= 15 is 0 Å². The van der Waals surface area contributed by atoms with E-state index in [1.807, 2.05) is 88.4 Å². The standard InChI is InChI=1S/C41H42N6O4S2/c1-5-34(36(48)42-28-20-16-26(3)17-21-28)52-40-44-32-14-9-7-12-30(32)38(50)46(40)24-11-25-47-39(51)31-13-8-10-15-33(31)45-41(47)53-35(6-2)37(49)43-29-22-18-27(4)19-23-29/h7-10,12-23,34-35H,5-6,11,24-25H2,1-4H3,(H,42,48)(H,43,49). The van der Waals surface area contributed by atoms with Gasteiger partial charge in [-0.1, -0.05) is 97.0 Å². The van der Waals surface area contributed by atoms with Crippen LogP contribution in [0.3, 0.4) is 0 Å². The van der Waals surface area contributed by atoms with Gasteiger partial charge in [0, 0.05) is 24.5 Å². The normalized spacial score (nSPS) is 12.5. The van der Waals surface area contributed by atoms with E-state index in [0.29, 0.717) is 62.8 Å². The molecule has 2 aromatic heterocycles. The van der Waals surface area contributed by atoms with Gasteiger partial charge < -0.3 is 10.6 Å². The number of amides is 2. The first kappa shape index (κ1) is 37.6. The number of carbonyl (C=O) groups excluding carboxylic acids is 2. The van der Waals surface area contributed by atoms with Gasteiger partial charge in [-0.05, 0) is 81.6 Å². The molecular weight excluding hydrogens is 705 g/mol. The maximum atomic E-state index is 14.0. The van der Waals surface area contributed by atoms with E-state index in [1.54, 1.807) is 45.5 Å². The molecule has 2 unspecified atom stereocenters. The second-order valence-electron chi connectivity index (χ2n) is 12.8. The summed E-state index contributed by atoms with van der Waals surface area (Å²) in [5, 5.41) is 6.77. The molecule has 4 aromatic carbocycles. The number of para-hydroxylation sites is 2. The fraction of sp³-hybridized carbons (Fsp3) is 0.268. The lowest BCUT2D eigenvalue weighted by Crippen LogP contribution is -2.30. The lowest BCUT2D eigenvalue weighted by molar-refractivity contribution is -0.116. The van der Waals surface area contributed by atoms with E-state index < -0.39 is 10.5 Å². The van der Waals surface area contributed by atoms with Crippen LogP contribution in [-0.4, -0.2) is 41.4 Å². The number of rotatable bonds is 14. The number of nitrogens with zero attached hydrogens (tertiary/aromatic N) is 4. The highest BCUT2D eigenvalue weighted by atomic mass is 32.2. The molecule has 0 saturated carbocycles. The molecule has 0 radical (unpaired) electrons. The Kier molecular flexibility index (Phi) is 12.1. The molecule has 0 fully saturated rings. The number of fused-ring (bicyclic) bond motifs is 2. The highest BCUT2D eigenvalue weighted by Gasteiger charge is 2.24. The minimum Gasteiger partial charge on any atom is -0.325 e. The lowest BCUT2D eigenvalue weighted by Gasteiger charge is -2.20. The summed E-state index contributed by atoms with van der Waals surface area (Å²) in [7, 11) is 0. The average Bonchev–Trinajstić information content (AvgIpc) is 3.16. The van der Waals surface area contributed by atoms with Gasteiger partial charge in [0.2, 0.25) is 11.8 Å². The fourth-order valence-corrected chi connectivity index (χ4v) is 7.95. The van der Waals surface area contributed by atoms with Crippen LogP contribution in [0.2, 0.25) is 0 Å². The minimum absolute atomic E-state index is 0.178. The van der Waals surface area contributed by atoms with Crippen molar-refractivity contribution in [2.45, 2.75) is 80.9 Å². The molecule has 6 aromatic rings. The number of hydrogen-bond donors (Lipinski definition) is 2. The molecule has 0 saturated heterocycles. The third kappa shape index (κ3) is 8.89. The average molecular weight is 747 g/mol. The quantitative estimate of drug-likeness (QED) is 0.0853. The van der Waals surface area contributed by atoms with Crippen molar-refractivity contribution in [3.63, 3.8) is 0 Å². The van der Waals surface area contributed by atoms with Gasteiger partial charge in [0.05, 0.1) is 32.3 Å². The minimum atomic E-state index is -0.511. The van der Waals surface area contributed by atoms with E-state index in [1.165, 1.54) is 23.5 Å². The van der Waals surface area contributed by atoms with Crippen molar-refractivity contribution < 1.29 is 9.59 Å². The van der Waals surface area contributed by atoms with Gasteiger partial charge in [-0.2, -0.15) is 0 Å². The molecule has 0 bridgehead atoms. The number of thioether (sulfide) groups is 2. The molecule has 2 heterocycles. The molecule has 2 atom stereocenters. The van der Waals surface area contributed by atoms with E-state index in [2.05, 4.69) is 10.6 Å². The van der Waals surface area contributed by atoms with Gasteiger partial charge in [0.1, 0.15) is 0 Å². The summed E-state index contributed by atoms with van der Waals surface area (Å²) >= 11 is 2.51. The molecular formula is C41H42N6O4S2. The Morgan fingerprint density at radius 3 is 1.36 bits per heavy atom.